The molecule has 0 bridgehead atoms. The zero-order valence-corrected chi connectivity index (χ0v) is 40.6. The predicted octanol–water partition coefficient (Wildman–Crippen LogP) is 14.1. The van der Waals surface area contributed by atoms with Crippen LogP contribution in [0.1, 0.15) is 232 Å². The van der Waals surface area contributed by atoms with E-state index in [4.69, 9.17) is 18.5 Å². The maximum Gasteiger partial charge on any atom is 0.306 e. The molecule has 9 nitrogen and oxygen atoms in total. The first-order valence-corrected chi connectivity index (χ1v) is 26.5. The van der Waals surface area contributed by atoms with E-state index >= 15 is 0 Å². The first-order chi connectivity index (χ1) is 29.0. The Bertz CT molecular complexity index is 1060. The molecule has 0 aliphatic rings. The van der Waals surface area contributed by atoms with Crippen LogP contribution in [0.15, 0.2) is 24.8 Å². The van der Waals surface area contributed by atoms with Crippen molar-refractivity contribution < 1.29 is 42.1 Å². The molecule has 0 aromatic carbocycles. The van der Waals surface area contributed by atoms with E-state index in [1.54, 1.807) is 0 Å². The summed E-state index contributed by atoms with van der Waals surface area (Å²) in [7, 11) is 1.17. The topological polar surface area (TPSA) is 111 Å². The zero-order chi connectivity index (χ0) is 44.3. The Labute approximate surface area is 370 Å². The van der Waals surface area contributed by atoms with Crippen molar-refractivity contribution in [2.24, 2.45) is 0 Å². The predicted molar refractivity (Wildman–Crippen MR) is 250 cm³/mol. The van der Waals surface area contributed by atoms with Crippen LogP contribution in [0.4, 0.5) is 0 Å². The number of allylic oxidation sites excluding steroid dienone is 3. The Kier molecular flexibility index (Phi) is 41.7. The fourth-order valence-electron chi connectivity index (χ4n) is 7.16. The van der Waals surface area contributed by atoms with Gasteiger partial charge in [0.2, 0.25) is 0 Å². The molecular formula is C50H96NO8P. The van der Waals surface area contributed by atoms with E-state index in [-0.39, 0.29) is 32.0 Å². The first kappa shape index (κ1) is 58.5. The minimum absolute atomic E-state index is 0.0296. The molecule has 0 aliphatic carbocycles. The minimum Gasteiger partial charge on any atom is -0.756 e. The van der Waals surface area contributed by atoms with Gasteiger partial charge in [0.05, 0.1) is 27.7 Å². The summed E-state index contributed by atoms with van der Waals surface area (Å²) in [5.74, 6) is -0.828. The number of carbonyl (C=O) groups excluding carboxylic acids is 2. The van der Waals surface area contributed by atoms with Crippen molar-refractivity contribution in [3.05, 3.63) is 24.8 Å². The van der Waals surface area contributed by atoms with Crippen LogP contribution in [-0.4, -0.2) is 70.0 Å². The van der Waals surface area contributed by atoms with Crippen LogP contribution in [-0.2, 0) is 32.7 Å². The van der Waals surface area contributed by atoms with Crippen molar-refractivity contribution in [3.8, 4) is 0 Å². The third kappa shape index (κ3) is 46.0. The summed E-state index contributed by atoms with van der Waals surface area (Å²) in [5, 5.41) is 0. The van der Waals surface area contributed by atoms with Crippen LogP contribution in [0.2, 0.25) is 0 Å². The van der Waals surface area contributed by atoms with Crippen molar-refractivity contribution in [2.75, 3.05) is 47.5 Å². The molecule has 1 unspecified atom stereocenters. The lowest BCUT2D eigenvalue weighted by molar-refractivity contribution is -0.870. The second-order valence-corrected chi connectivity index (χ2v) is 19.7. The lowest BCUT2D eigenvalue weighted by Gasteiger charge is -2.28. The lowest BCUT2D eigenvalue weighted by Crippen LogP contribution is -2.37. The highest BCUT2D eigenvalue weighted by molar-refractivity contribution is 7.45. The molecule has 0 N–H and O–H groups in total. The maximum absolute atomic E-state index is 12.7. The highest BCUT2D eigenvalue weighted by atomic mass is 31.2. The van der Waals surface area contributed by atoms with Gasteiger partial charge in [-0.25, -0.2) is 0 Å². The number of rotatable bonds is 47. The highest BCUT2D eigenvalue weighted by Crippen LogP contribution is 2.38. The van der Waals surface area contributed by atoms with E-state index in [9.17, 15) is 19.0 Å². The standard InChI is InChI=1S/C50H96NO8P/c1-6-8-10-12-14-16-18-20-22-23-24-25-26-27-29-31-33-35-37-39-41-43-50(53)59-48(47-58-60(54,55)57-45-44-51(3,4)5)46-56-49(52)42-40-38-36-34-32-30-28-21-19-17-15-13-11-9-7-2/h7,20,22,48H,2,6,8-19,21,23-47H2,1,3-5H3/b22-20+/t48-/m1/s1. The van der Waals surface area contributed by atoms with Crippen molar-refractivity contribution in [3.63, 3.8) is 0 Å². The van der Waals surface area contributed by atoms with E-state index in [0.717, 1.165) is 44.9 Å². The van der Waals surface area contributed by atoms with Gasteiger partial charge in [0.1, 0.15) is 19.8 Å². The largest absolute Gasteiger partial charge is 0.756 e. The van der Waals surface area contributed by atoms with Gasteiger partial charge >= 0.3 is 11.9 Å². The van der Waals surface area contributed by atoms with E-state index in [1.807, 2.05) is 27.2 Å². The number of carbonyl (C=O) groups is 2. The molecule has 0 rings (SSSR count). The van der Waals surface area contributed by atoms with Crippen LogP contribution >= 0.6 is 7.82 Å². The highest BCUT2D eigenvalue weighted by Gasteiger charge is 2.21. The molecule has 0 saturated carbocycles. The number of esters is 2. The molecule has 60 heavy (non-hydrogen) atoms. The number of hydrogen-bond donors (Lipinski definition) is 0. The Hall–Kier alpha value is -1.51. The Balaban J connectivity index is 4.22. The maximum atomic E-state index is 12.7. The minimum atomic E-state index is -4.63. The number of hydrogen-bond acceptors (Lipinski definition) is 8. The summed E-state index contributed by atoms with van der Waals surface area (Å²) in [6, 6.07) is 0. The van der Waals surface area contributed by atoms with E-state index < -0.39 is 26.5 Å². The van der Waals surface area contributed by atoms with Gasteiger partial charge in [0, 0.05) is 12.8 Å². The second kappa shape index (κ2) is 42.8. The van der Waals surface area contributed by atoms with Crippen molar-refractivity contribution >= 4 is 19.8 Å². The van der Waals surface area contributed by atoms with Crippen molar-refractivity contribution in [2.45, 2.75) is 238 Å². The molecular weight excluding hydrogens is 774 g/mol. The third-order valence-corrected chi connectivity index (χ3v) is 12.1. The van der Waals surface area contributed by atoms with E-state index in [2.05, 4.69) is 25.7 Å². The van der Waals surface area contributed by atoms with Gasteiger partial charge < -0.3 is 27.9 Å². The summed E-state index contributed by atoms with van der Waals surface area (Å²) in [5.41, 5.74) is 0. The molecule has 0 aliphatic heterocycles. The molecule has 10 heteroatoms. The molecule has 0 aromatic rings. The fraction of sp³-hybridized carbons (Fsp3) is 0.880. The number of unbranched alkanes of at least 4 members (excludes halogenated alkanes) is 30. The first-order valence-electron chi connectivity index (χ1n) is 25.0. The molecule has 0 amide bonds. The zero-order valence-electron chi connectivity index (χ0n) is 39.8. The average molecular weight is 870 g/mol. The third-order valence-electron chi connectivity index (χ3n) is 11.1. The van der Waals surface area contributed by atoms with E-state index in [1.165, 1.54) is 161 Å². The number of ether oxygens (including phenoxy) is 2. The molecule has 354 valence electrons. The van der Waals surface area contributed by atoms with Crippen molar-refractivity contribution in [1.82, 2.24) is 0 Å². The summed E-state index contributed by atoms with van der Waals surface area (Å²) < 4.78 is 34.0. The average Bonchev–Trinajstić information content (AvgIpc) is 3.20. The summed E-state index contributed by atoms with van der Waals surface area (Å²) in [6.07, 6.45) is 46.7. The molecule has 2 atom stereocenters. The van der Waals surface area contributed by atoms with E-state index in [0.29, 0.717) is 17.4 Å². The Morgan fingerprint density at radius 3 is 1.35 bits per heavy atom. The molecule has 0 saturated heterocycles. The number of quaternary nitrogens is 1. The van der Waals surface area contributed by atoms with Crippen LogP contribution in [0.25, 0.3) is 0 Å². The number of nitrogens with zero attached hydrogens (tertiary/aromatic N) is 1. The molecule has 0 spiro atoms. The van der Waals surface area contributed by atoms with Gasteiger partial charge in [-0.05, 0) is 51.4 Å². The SMILES string of the molecule is C=CCCCCCCCCCCCCCCCC(=O)OC[C@H](COP(=O)([O-])OCC[N+](C)(C)C)OC(=O)CCCCCCCCCCCCC/C=C/CCCCCCCC. The molecule has 0 fully saturated rings. The molecule has 0 aromatic heterocycles. The van der Waals surface area contributed by atoms with Gasteiger partial charge in [-0.3, -0.25) is 14.2 Å². The molecule has 0 radical (unpaired) electrons. The van der Waals surface area contributed by atoms with Gasteiger partial charge in [-0.15, -0.1) is 6.58 Å². The fourth-order valence-corrected chi connectivity index (χ4v) is 7.89. The van der Waals surface area contributed by atoms with Crippen LogP contribution < -0.4 is 4.89 Å². The van der Waals surface area contributed by atoms with Crippen LogP contribution in [0, 0.1) is 0 Å². The normalized spacial score (nSPS) is 13.4. The lowest BCUT2D eigenvalue weighted by atomic mass is 10.0. The van der Waals surface area contributed by atoms with Crippen LogP contribution in [0.5, 0.6) is 0 Å². The van der Waals surface area contributed by atoms with Crippen molar-refractivity contribution in [1.29, 1.82) is 0 Å². The monoisotopic (exact) mass is 870 g/mol. The number of phosphoric acid groups is 1. The summed E-state index contributed by atoms with van der Waals surface area (Å²) >= 11 is 0. The summed E-state index contributed by atoms with van der Waals surface area (Å²) in [6.45, 7) is 5.78. The quantitative estimate of drug-likeness (QED) is 0.0195. The van der Waals surface area contributed by atoms with Crippen LogP contribution in [0.3, 0.4) is 0 Å². The number of likely N-dealkylation sites (N-methyl/N-ethyl adjacent to an activating group) is 1. The van der Waals surface area contributed by atoms with Gasteiger partial charge in [0.15, 0.2) is 6.10 Å². The Morgan fingerprint density at radius 2 is 0.933 bits per heavy atom. The smallest absolute Gasteiger partial charge is 0.306 e. The summed E-state index contributed by atoms with van der Waals surface area (Å²) in [4.78, 5) is 37.7. The second-order valence-electron chi connectivity index (χ2n) is 18.3. The number of phosphoric ester groups is 1. The molecule has 0 heterocycles. The van der Waals surface area contributed by atoms with Gasteiger partial charge in [-0.2, -0.15) is 0 Å². The van der Waals surface area contributed by atoms with Gasteiger partial charge in [0.25, 0.3) is 7.82 Å². The Morgan fingerprint density at radius 1 is 0.550 bits per heavy atom. The van der Waals surface area contributed by atoms with Gasteiger partial charge in [-0.1, -0.05) is 186 Å².